The highest BCUT2D eigenvalue weighted by Gasteiger charge is 2.33. The summed E-state index contributed by atoms with van der Waals surface area (Å²) in [6, 6.07) is 9.65. The van der Waals surface area contributed by atoms with Gasteiger partial charge in [0.1, 0.15) is 12.6 Å². The summed E-state index contributed by atoms with van der Waals surface area (Å²) in [6.07, 6.45) is 5.37. The van der Waals surface area contributed by atoms with Crippen LogP contribution in [0.4, 0.5) is 5.69 Å². The number of sulfonamides is 1. The number of nitrogens with zero attached hydrogens (tertiary/aromatic N) is 2. The van der Waals surface area contributed by atoms with Crippen LogP contribution in [0, 0.1) is 13.8 Å². The molecule has 0 bridgehead atoms. The van der Waals surface area contributed by atoms with Crippen molar-refractivity contribution in [3.8, 4) is 0 Å². The Labute approximate surface area is 230 Å². The van der Waals surface area contributed by atoms with Crippen LogP contribution in [0.2, 0.25) is 10.0 Å². The number of nitrogens with one attached hydrogen (secondary N) is 1. The first kappa shape index (κ1) is 29.3. The van der Waals surface area contributed by atoms with Gasteiger partial charge in [-0.1, -0.05) is 55.1 Å². The number of amides is 2. The number of hydrogen-bond acceptors (Lipinski definition) is 4. The summed E-state index contributed by atoms with van der Waals surface area (Å²) in [5.74, 6) is -0.742. The van der Waals surface area contributed by atoms with Gasteiger partial charge in [0.2, 0.25) is 21.8 Å². The van der Waals surface area contributed by atoms with E-state index >= 15 is 0 Å². The van der Waals surface area contributed by atoms with Crippen molar-refractivity contribution in [2.24, 2.45) is 0 Å². The highest BCUT2D eigenvalue weighted by Crippen LogP contribution is 2.26. The van der Waals surface area contributed by atoms with E-state index in [-0.39, 0.29) is 18.5 Å². The van der Waals surface area contributed by atoms with Crippen LogP contribution in [0.3, 0.4) is 0 Å². The zero-order valence-corrected chi connectivity index (χ0v) is 24.1. The molecule has 2 aromatic rings. The predicted octanol–water partition coefficient (Wildman–Crippen LogP) is 5.24. The standard InChI is InChI=1S/C27H35Cl2N3O4S/c1-5-25(27(34)30-22-8-6-7-9-22)31(16-20-10-11-21(28)15-24(20)29)26(33)17-32(37(4,35)36)23-13-18(2)12-19(3)14-23/h10-15,22,25H,5-9,16-17H2,1-4H3,(H,30,34). The van der Waals surface area contributed by atoms with Crippen molar-refractivity contribution in [2.45, 2.75) is 71.5 Å². The predicted molar refractivity (Wildman–Crippen MR) is 150 cm³/mol. The molecule has 1 fully saturated rings. The maximum Gasteiger partial charge on any atom is 0.244 e. The molecule has 0 saturated heterocycles. The molecule has 3 rings (SSSR count). The molecule has 1 aliphatic rings. The lowest BCUT2D eigenvalue weighted by atomic mass is 10.1. The fraction of sp³-hybridized carbons (Fsp3) is 0.481. The molecule has 37 heavy (non-hydrogen) atoms. The fourth-order valence-corrected chi connectivity index (χ4v) is 6.13. The van der Waals surface area contributed by atoms with E-state index in [1.54, 1.807) is 30.3 Å². The maximum absolute atomic E-state index is 13.8. The van der Waals surface area contributed by atoms with E-state index in [4.69, 9.17) is 23.2 Å². The first-order valence-electron chi connectivity index (χ1n) is 12.5. The van der Waals surface area contributed by atoms with E-state index in [2.05, 4.69) is 5.32 Å². The Kier molecular flexibility index (Phi) is 9.89. The smallest absolute Gasteiger partial charge is 0.244 e. The minimum Gasteiger partial charge on any atom is -0.352 e. The second-order valence-corrected chi connectivity index (χ2v) is 12.5. The van der Waals surface area contributed by atoms with Crippen LogP contribution in [-0.2, 0) is 26.2 Å². The van der Waals surface area contributed by atoms with E-state index in [9.17, 15) is 18.0 Å². The molecule has 0 aliphatic heterocycles. The van der Waals surface area contributed by atoms with Gasteiger partial charge >= 0.3 is 0 Å². The number of halogens is 2. The molecule has 2 amide bonds. The van der Waals surface area contributed by atoms with Crippen molar-refractivity contribution < 1.29 is 18.0 Å². The molecule has 1 aliphatic carbocycles. The molecule has 0 aromatic heterocycles. The summed E-state index contributed by atoms with van der Waals surface area (Å²) in [5, 5.41) is 3.91. The Balaban J connectivity index is 1.97. The monoisotopic (exact) mass is 567 g/mol. The average molecular weight is 569 g/mol. The Morgan fingerprint density at radius 3 is 2.22 bits per heavy atom. The molecule has 1 saturated carbocycles. The summed E-state index contributed by atoms with van der Waals surface area (Å²) in [7, 11) is -3.80. The lowest BCUT2D eigenvalue weighted by molar-refractivity contribution is -0.140. The number of anilines is 1. The third-order valence-electron chi connectivity index (χ3n) is 6.62. The van der Waals surface area contributed by atoms with Crippen molar-refractivity contribution >= 4 is 50.7 Å². The van der Waals surface area contributed by atoms with Gasteiger partial charge in [0.05, 0.1) is 11.9 Å². The molecule has 1 unspecified atom stereocenters. The topological polar surface area (TPSA) is 86.8 Å². The summed E-state index contributed by atoms with van der Waals surface area (Å²) in [4.78, 5) is 28.6. The first-order valence-corrected chi connectivity index (χ1v) is 15.1. The highest BCUT2D eigenvalue weighted by molar-refractivity contribution is 7.92. The SMILES string of the molecule is CCC(C(=O)NC1CCCC1)N(Cc1ccc(Cl)cc1Cl)C(=O)CN(c1cc(C)cc(C)c1)S(C)(=O)=O. The molecule has 0 radical (unpaired) electrons. The van der Waals surface area contributed by atoms with E-state index < -0.39 is 28.5 Å². The lowest BCUT2D eigenvalue weighted by Gasteiger charge is -2.33. The van der Waals surface area contributed by atoms with Crippen LogP contribution in [0.15, 0.2) is 36.4 Å². The Hall–Kier alpha value is -2.29. The van der Waals surface area contributed by atoms with Crippen molar-refractivity contribution in [1.29, 1.82) is 0 Å². The number of carbonyl (C=O) groups is 2. The fourth-order valence-electron chi connectivity index (χ4n) is 4.83. The summed E-state index contributed by atoms with van der Waals surface area (Å²) >= 11 is 12.5. The van der Waals surface area contributed by atoms with Crippen molar-refractivity contribution in [2.75, 3.05) is 17.1 Å². The Morgan fingerprint density at radius 1 is 1.05 bits per heavy atom. The molecular formula is C27H35Cl2N3O4S. The molecule has 0 spiro atoms. The van der Waals surface area contributed by atoms with Crippen LogP contribution < -0.4 is 9.62 Å². The third kappa shape index (κ3) is 7.85. The zero-order valence-electron chi connectivity index (χ0n) is 21.8. The third-order valence-corrected chi connectivity index (χ3v) is 8.34. The van der Waals surface area contributed by atoms with Crippen LogP contribution in [0.1, 0.15) is 55.7 Å². The van der Waals surface area contributed by atoms with Gasteiger partial charge in [-0.3, -0.25) is 13.9 Å². The molecule has 0 heterocycles. The van der Waals surface area contributed by atoms with Gasteiger partial charge in [-0.05, 0) is 74.1 Å². The van der Waals surface area contributed by atoms with Crippen molar-refractivity contribution in [1.82, 2.24) is 10.2 Å². The number of rotatable bonds is 10. The van der Waals surface area contributed by atoms with Crippen LogP contribution >= 0.6 is 23.2 Å². The number of benzene rings is 2. The second-order valence-electron chi connectivity index (χ2n) is 9.79. The Morgan fingerprint density at radius 2 is 1.68 bits per heavy atom. The number of carbonyl (C=O) groups excluding carboxylic acids is 2. The molecule has 202 valence electrons. The summed E-state index contributed by atoms with van der Waals surface area (Å²) in [5.41, 5.74) is 2.77. The summed E-state index contributed by atoms with van der Waals surface area (Å²) in [6.45, 7) is 5.17. The minimum atomic E-state index is -3.80. The van der Waals surface area contributed by atoms with Crippen LogP contribution in [-0.4, -0.2) is 50.0 Å². The largest absolute Gasteiger partial charge is 0.352 e. The molecular weight excluding hydrogens is 533 g/mol. The van der Waals surface area contributed by atoms with Gasteiger partial charge in [-0.2, -0.15) is 0 Å². The van der Waals surface area contributed by atoms with Gasteiger partial charge in [-0.15, -0.1) is 0 Å². The quantitative estimate of drug-likeness (QED) is 0.425. The number of hydrogen-bond donors (Lipinski definition) is 1. The van der Waals surface area contributed by atoms with Crippen molar-refractivity contribution in [3.05, 3.63) is 63.1 Å². The molecule has 2 aromatic carbocycles. The minimum absolute atomic E-state index is 0.0376. The lowest BCUT2D eigenvalue weighted by Crippen LogP contribution is -2.53. The van der Waals surface area contributed by atoms with Gasteiger partial charge in [0, 0.05) is 22.6 Å². The number of aryl methyl sites for hydroxylation is 2. The van der Waals surface area contributed by atoms with Gasteiger partial charge in [0.25, 0.3) is 0 Å². The van der Waals surface area contributed by atoms with E-state index in [1.165, 1.54) is 4.90 Å². The summed E-state index contributed by atoms with van der Waals surface area (Å²) < 4.78 is 26.7. The average Bonchev–Trinajstić information content (AvgIpc) is 3.30. The van der Waals surface area contributed by atoms with Crippen LogP contribution in [0.5, 0.6) is 0 Å². The van der Waals surface area contributed by atoms with Gasteiger partial charge < -0.3 is 10.2 Å². The molecule has 1 atom stereocenters. The van der Waals surface area contributed by atoms with E-state index in [0.717, 1.165) is 47.4 Å². The molecule has 10 heteroatoms. The normalized spacial score (nSPS) is 14.9. The van der Waals surface area contributed by atoms with Gasteiger partial charge in [-0.25, -0.2) is 8.42 Å². The molecule has 1 N–H and O–H groups in total. The first-order chi connectivity index (χ1) is 17.4. The van der Waals surface area contributed by atoms with E-state index in [0.29, 0.717) is 27.7 Å². The maximum atomic E-state index is 13.8. The molecule has 7 nitrogen and oxygen atoms in total. The van der Waals surface area contributed by atoms with Crippen LogP contribution in [0.25, 0.3) is 0 Å². The Bertz CT molecular complexity index is 1230. The van der Waals surface area contributed by atoms with Crippen molar-refractivity contribution in [3.63, 3.8) is 0 Å². The second kappa shape index (κ2) is 12.5. The zero-order chi connectivity index (χ0) is 27.3. The van der Waals surface area contributed by atoms with Gasteiger partial charge in [0.15, 0.2) is 0 Å². The van der Waals surface area contributed by atoms with E-state index in [1.807, 2.05) is 26.8 Å². The highest BCUT2D eigenvalue weighted by atomic mass is 35.5.